The molecule has 0 aromatic heterocycles. The number of rotatable bonds is 6. The van der Waals surface area contributed by atoms with Gasteiger partial charge in [0.25, 0.3) is 5.91 Å². The van der Waals surface area contributed by atoms with Crippen molar-refractivity contribution >= 4 is 17.7 Å². The van der Waals surface area contributed by atoms with Crippen LogP contribution in [0, 0.1) is 0 Å². The third-order valence-corrected chi connectivity index (χ3v) is 3.18. The summed E-state index contributed by atoms with van der Waals surface area (Å²) in [5, 5.41) is 2.92. The Hall–Kier alpha value is -1.00. The van der Waals surface area contributed by atoms with Crippen LogP contribution < -0.4 is 5.32 Å². The van der Waals surface area contributed by atoms with Gasteiger partial charge in [0, 0.05) is 18.0 Å². The zero-order valence-corrected chi connectivity index (χ0v) is 11.3. The molecule has 94 valence electrons. The standard InChI is InChI=1S/C13H19NO2S/c1-4-17-12-8-6-5-7-11(12)13(15)14-10(2)9-16-3/h5-8,10H,4,9H2,1-3H3,(H,14,15). The average Bonchev–Trinajstić information content (AvgIpc) is 2.30. The molecule has 0 aliphatic carbocycles. The van der Waals surface area contributed by atoms with Crippen LogP contribution in [0.2, 0.25) is 0 Å². The monoisotopic (exact) mass is 253 g/mol. The van der Waals surface area contributed by atoms with E-state index in [-0.39, 0.29) is 11.9 Å². The molecule has 17 heavy (non-hydrogen) atoms. The van der Waals surface area contributed by atoms with Crippen molar-refractivity contribution < 1.29 is 9.53 Å². The number of methoxy groups -OCH3 is 1. The van der Waals surface area contributed by atoms with Crippen molar-refractivity contribution in [3.05, 3.63) is 29.8 Å². The Bertz CT molecular complexity index is 368. The first-order valence-corrected chi connectivity index (χ1v) is 6.69. The highest BCUT2D eigenvalue weighted by Crippen LogP contribution is 2.22. The molecule has 0 radical (unpaired) electrons. The van der Waals surface area contributed by atoms with Gasteiger partial charge in [0.1, 0.15) is 0 Å². The first kappa shape index (κ1) is 14.1. The summed E-state index contributed by atoms with van der Waals surface area (Å²) >= 11 is 1.68. The van der Waals surface area contributed by atoms with E-state index < -0.39 is 0 Å². The Morgan fingerprint density at radius 1 is 1.47 bits per heavy atom. The van der Waals surface area contributed by atoms with Gasteiger partial charge in [-0.3, -0.25) is 4.79 Å². The Labute approximate surface area is 107 Å². The zero-order chi connectivity index (χ0) is 12.7. The normalized spacial score (nSPS) is 12.2. The third-order valence-electron chi connectivity index (χ3n) is 2.23. The van der Waals surface area contributed by atoms with Crippen LogP contribution in [-0.4, -0.2) is 31.4 Å². The van der Waals surface area contributed by atoms with Gasteiger partial charge < -0.3 is 10.1 Å². The van der Waals surface area contributed by atoms with Gasteiger partial charge in [-0.25, -0.2) is 0 Å². The van der Waals surface area contributed by atoms with Crippen LogP contribution in [0.4, 0.5) is 0 Å². The predicted octanol–water partition coefficient (Wildman–Crippen LogP) is 2.56. The molecule has 3 nitrogen and oxygen atoms in total. The van der Waals surface area contributed by atoms with Gasteiger partial charge in [-0.15, -0.1) is 11.8 Å². The van der Waals surface area contributed by atoms with Gasteiger partial charge >= 0.3 is 0 Å². The molecule has 1 N–H and O–H groups in total. The molecule has 1 amide bonds. The Morgan fingerprint density at radius 3 is 2.82 bits per heavy atom. The van der Waals surface area contributed by atoms with Gasteiger partial charge in [0.05, 0.1) is 12.2 Å². The maximum Gasteiger partial charge on any atom is 0.252 e. The summed E-state index contributed by atoms with van der Waals surface area (Å²) in [6.07, 6.45) is 0. The summed E-state index contributed by atoms with van der Waals surface area (Å²) in [4.78, 5) is 13.1. The molecule has 0 fully saturated rings. The fraction of sp³-hybridized carbons (Fsp3) is 0.462. The second-order valence-corrected chi connectivity index (χ2v) is 5.06. The lowest BCUT2D eigenvalue weighted by Gasteiger charge is -2.14. The minimum absolute atomic E-state index is 0.0205. The number of hydrogen-bond acceptors (Lipinski definition) is 3. The van der Waals surface area contributed by atoms with Crippen molar-refractivity contribution in [2.75, 3.05) is 19.5 Å². The molecule has 0 bridgehead atoms. The zero-order valence-electron chi connectivity index (χ0n) is 10.5. The summed E-state index contributed by atoms with van der Waals surface area (Å²) in [7, 11) is 1.63. The lowest BCUT2D eigenvalue weighted by Crippen LogP contribution is -2.35. The molecule has 0 aliphatic heterocycles. The van der Waals surface area contributed by atoms with E-state index in [2.05, 4.69) is 12.2 Å². The lowest BCUT2D eigenvalue weighted by molar-refractivity contribution is 0.0902. The van der Waals surface area contributed by atoms with Crippen molar-refractivity contribution in [1.82, 2.24) is 5.32 Å². The van der Waals surface area contributed by atoms with Crippen LogP contribution in [0.25, 0.3) is 0 Å². The van der Waals surface area contributed by atoms with E-state index in [0.29, 0.717) is 6.61 Å². The van der Waals surface area contributed by atoms with Gasteiger partial charge in [-0.2, -0.15) is 0 Å². The van der Waals surface area contributed by atoms with E-state index in [4.69, 9.17) is 4.74 Å². The number of carbonyl (C=O) groups is 1. The molecule has 1 aromatic carbocycles. The van der Waals surface area contributed by atoms with Crippen LogP contribution >= 0.6 is 11.8 Å². The fourth-order valence-electron chi connectivity index (χ4n) is 1.53. The second kappa shape index (κ2) is 7.35. The van der Waals surface area contributed by atoms with Crippen LogP contribution in [0.3, 0.4) is 0 Å². The summed E-state index contributed by atoms with van der Waals surface area (Å²) in [6, 6.07) is 7.69. The molecule has 1 aromatic rings. The van der Waals surface area contributed by atoms with E-state index in [0.717, 1.165) is 16.2 Å². The Morgan fingerprint density at radius 2 is 2.18 bits per heavy atom. The number of benzene rings is 1. The van der Waals surface area contributed by atoms with E-state index in [1.54, 1.807) is 18.9 Å². The molecule has 0 heterocycles. The quantitative estimate of drug-likeness (QED) is 0.792. The predicted molar refractivity (Wildman–Crippen MR) is 71.6 cm³/mol. The van der Waals surface area contributed by atoms with E-state index in [9.17, 15) is 4.79 Å². The largest absolute Gasteiger partial charge is 0.383 e. The molecular weight excluding hydrogens is 234 g/mol. The van der Waals surface area contributed by atoms with Crippen molar-refractivity contribution in [3.8, 4) is 0 Å². The smallest absolute Gasteiger partial charge is 0.252 e. The van der Waals surface area contributed by atoms with E-state index in [1.807, 2.05) is 31.2 Å². The highest BCUT2D eigenvalue weighted by atomic mass is 32.2. The number of carbonyl (C=O) groups excluding carboxylic acids is 1. The highest BCUT2D eigenvalue weighted by molar-refractivity contribution is 7.99. The summed E-state index contributed by atoms with van der Waals surface area (Å²) in [6.45, 7) is 4.53. The van der Waals surface area contributed by atoms with Gasteiger partial charge in [0.2, 0.25) is 0 Å². The topological polar surface area (TPSA) is 38.3 Å². The molecule has 1 rings (SSSR count). The number of thioether (sulfide) groups is 1. The maximum absolute atomic E-state index is 12.0. The van der Waals surface area contributed by atoms with Crippen molar-refractivity contribution in [1.29, 1.82) is 0 Å². The van der Waals surface area contributed by atoms with Crippen molar-refractivity contribution in [3.63, 3.8) is 0 Å². The number of amides is 1. The molecule has 0 saturated heterocycles. The van der Waals surface area contributed by atoms with Crippen LogP contribution in [-0.2, 0) is 4.74 Å². The number of nitrogens with one attached hydrogen (secondary N) is 1. The highest BCUT2D eigenvalue weighted by Gasteiger charge is 2.13. The number of ether oxygens (including phenoxy) is 1. The third kappa shape index (κ3) is 4.40. The van der Waals surface area contributed by atoms with Gasteiger partial charge in [0.15, 0.2) is 0 Å². The first-order valence-electron chi connectivity index (χ1n) is 5.70. The van der Waals surface area contributed by atoms with Crippen LogP contribution in [0.5, 0.6) is 0 Å². The molecular formula is C13H19NO2S. The minimum Gasteiger partial charge on any atom is -0.383 e. The van der Waals surface area contributed by atoms with E-state index in [1.165, 1.54) is 0 Å². The van der Waals surface area contributed by atoms with Crippen LogP contribution in [0.15, 0.2) is 29.2 Å². The maximum atomic E-state index is 12.0. The minimum atomic E-state index is -0.0360. The molecule has 1 unspecified atom stereocenters. The van der Waals surface area contributed by atoms with E-state index >= 15 is 0 Å². The summed E-state index contributed by atoms with van der Waals surface area (Å²) in [5.41, 5.74) is 0.738. The fourth-order valence-corrected chi connectivity index (χ4v) is 2.33. The number of hydrogen-bond donors (Lipinski definition) is 1. The van der Waals surface area contributed by atoms with Gasteiger partial charge in [-0.05, 0) is 24.8 Å². The second-order valence-electron chi connectivity index (χ2n) is 3.76. The Balaban J connectivity index is 2.74. The summed E-state index contributed by atoms with van der Waals surface area (Å²) < 4.78 is 5.00. The lowest BCUT2D eigenvalue weighted by atomic mass is 10.2. The average molecular weight is 253 g/mol. The first-order chi connectivity index (χ1) is 8.19. The molecule has 0 spiro atoms. The Kier molecular flexibility index (Phi) is 6.08. The van der Waals surface area contributed by atoms with Crippen molar-refractivity contribution in [2.45, 2.75) is 24.8 Å². The molecule has 0 aliphatic rings. The molecule has 0 saturated carbocycles. The summed E-state index contributed by atoms with van der Waals surface area (Å²) in [5.74, 6) is 0.920. The molecule has 4 heteroatoms. The SMILES string of the molecule is CCSc1ccccc1C(=O)NC(C)COC. The van der Waals surface area contributed by atoms with Gasteiger partial charge in [-0.1, -0.05) is 19.1 Å². The van der Waals surface area contributed by atoms with Crippen LogP contribution in [0.1, 0.15) is 24.2 Å². The molecule has 1 atom stereocenters. The van der Waals surface area contributed by atoms with Crippen molar-refractivity contribution in [2.24, 2.45) is 0 Å².